The number of nitrogens with zero attached hydrogens (tertiary/aromatic N) is 2. The van der Waals surface area contributed by atoms with Crippen LogP contribution in [-0.4, -0.2) is 20.6 Å². The standard InChI is InChI=1S/C12H11BrN2O3/c13-8-3-4-10-9(6-8)12(18)15(7-14-10)5-1-2-11(16)17/h3-4,6-7H,1-2,5H2,(H,16,17). The van der Waals surface area contributed by atoms with Crippen molar-refractivity contribution < 1.29 is 9.90 Å². The molecule has 0 spiro atoms. The highest BCUT2D eigenvalue weighted by Gasteiger charge is 2.05. The number of carboxylic acid groups (broad SMARTS) is 1. The summed E-state index contributed by atoms with van der Waals surface area (Å²) in [4.78, 5) is 26.7. The average Bonchev–Trinajstić information content (AvgIpc) is 2.32. The first-order valence-corrected chi connectivity index (χ1v) is 6.24. The third-order valence-electron chi connectivity index (χ3n) is 2.58. The molecule has 94 valence electrons. The molecule has 0 aliphatic rings. The fourth-order valence-corrected chi connectivity index (χ4v) is 2.05. The Kier molecular flexibility index (Phi) is 3.76. The number of aryl methyl sites for hydroxylation is 1. The molecule has 0 fully saturated rings. The Balaban J connectivity index is 2.32. The number of rotatable bonds is 4. The zero-order valence-electron chi connectivity index (χ0n) is 9.47. The highest BCUT2D eigenvalue weighted by Crippen LogP contribution is 2.14. The molecule has 0 unspecified atom stereocenters. The van der Waals surface area contributed by atoms with E-state index < -0.39 is 5.97 Å². The van der Waals surface area contributed by atoms with Gasteiger partial charge in [0.1, 0.15) is 0 Å². The number of carboxylic acids is 1. The van der Waals surface area contributed by atoms with E-state index in [4.69, 9.17) is 5.11 Å². The fraction of sp³-hybridized carbons (Fsp3) is 0.250. The van der Waals surface area contributed by atoms with Gasteiger partial charge in [-0.1, -0.05) is 15.9 Å². The molecule has 0 aliphatic carbocycles. The molecule has 1 N–H and O–H groups in total. The van der Waals surface area contributed by atoms with Crippen molar-refractivity contribution in [1.29, 1.82) is 0 Å². The van der Waals surface area contributed by atoms with Gasteiger partial charge in [-0.3, -0.25) is 14.2 Å². The van der Waals surface area contributed by atoms with Crippen molar-refractivity contribution in [3.8, 4) is 0 Å². The van der Waals surface area contributed by atoms with Crippen molar-refractivity contribution in [2.75, 3.05) is 0 Å². The normalized spacial score (nSPS) is 10.7. The monoisotopic (exact) mass is 310 g/mol. The van der Waals surface area contributed by atoms with Gasteiger partial charge in [0.2, 0.25) is 0 Å². The maximum absolute atomic E-state index is 12.1. The van der Waals surface area contributed by atoms with E-state index in [1.54, 1.807) is 12.1 Å². The average molecular weight is 311 g/mol. The fourth-order valence-electron chi connectivity index (χ4n) is 1.69. The lowest BCUT2D eigenvalue weighted by molar-refractivity contribution is -0.137. The van der Waals surface area contributed by atoms with E-state index in [1.165, 1.54) is 10.9 Å². The minimum Gasteiger partial charge on any atom is -0.481 e. The number of aliphatic carboxylic acids is 1. The van der Waals surface area contributed by atoms with E-state index >= 15 is 0 Å². The van der Waals surface area contributed by atoms with Crippen molar-refractivity contribution in [2.45, 2.75) is 19.4 Å². The molecule has 2 rings (SSSR count). The van der Waals surface area contributed by atoms with E-state index in [0.29, 0.717) is 23.9 Å². The maximum atomic E-state index is 12.1. The Morgan fingerprint density at radius 1 is 1.44 bits per heavy atom. The largest absolute Gasteiger partial charge is 0.481 e. The number of aromatic nitrogens is 2. The molecule has 1 aromatic heterocycles. The first-order valence-electron chi connectivity index (χ1n) is 5.44. The van der Waals surface area contributed by atoms with Gasteiger partial charge in [-0.25, -0.2) is 4.98 Å². The Bertz CT molecular complexity index is 651. The van der Waals surface area contributed by atoms with Gasteiger partial charge < -0.3 is 5.11 Å². The topological polar surface area (TPSA) is 72.2 Å². The van der Waals surface area contributed by atoms with Gasteiger partial charge in [0, 0.05) is 17.4 Å². The first-order chi connectivity index (χ1) is 8.58. The number of carbonyl (C=O) groups is 1. The van der Waals surface area contributed by atoms with Crippen molar-refractivity contribution in [2.24, 2.45) is 0 Å². The molecule has 0 amide bonds. The molecule has 1 aromatic carbocycles. The smallest absolute Gasteiger partial charge is 0.303 e. The quantitative estimate of drug-likeness (QED) is 0.937. The molecule has 6 heteroatoms. The van der Waals surface area contributed by atoms with Gasteiger partial charge in [0.05, 0.1) is 17.2 Å². The number of hydrogen-bond donors (Lipinski definition) is 1. The zero-order chi connectivity index (χ0) is 13.1. The Hall–Kier alpha value is -1.69. The molecule has 18 heavy (non-hydrogen) atoms. The second-order valence-corrected chi connectivity index (χ2v) is 4.82. The van der Waals surface area contributed by atoms with Crippen molar-refractivity contribution in [1.82, 2.24) is 9.55 Å². The van der Waals surface area contributed by atoms with Crippen LogP contribution < -0.4 is 5.56 Å². The van der Waals surface area contributed by atoms with Crippen LogP contribution in [0.3, 0.4) is 0 Å². The molecule has 1 heterocycles. The maximum Gasteiger partial charge on any atom is 0.303 e. The number of benzene rings is 1. The van der Waals surface area contributed by atoms with E-state index in [-0.39, 0.29) is 12.0 Å². The minimum atomic E-state index is -0.862. The zero-order valence-corrected chi connectivity index (χ0v) is 11.1. The van der Waals surface area contributed by atoms with E-state index in [1.807, 2.05) is 6.07 Å². The summed E-state index contributed by atoms with van der Waals surface area (Å²) in [6.45, 7) is 0.362. The molecule has 0 aliphatic heterocycles. The van der Waals surface area contributed by atoms with Crippen LogP contribution in [0.25, 0.3) is 10.9 Å². The lowest BCUT2D eigenvalue weighted by Crippen LogP contribution is -2.21. The molecular formula is C12H11BrN2O3. The van der Waals surface area contributed by atoms with Crippen molar-refractivity contribution in [3.63, 3.8) is 0 Å². The Morgan fingerprint density at radius 2 is 2.22 bits per heavy atom. The van der Waals surface area contributed by atoms with E-state index in [2.05, 4.69) is 20.9 Å². The summed E-state index contributed by atoms with van der Waals surface area (Å²) in [5.74, 6) is -0.862. The van der Waals surface area contributed by atoms with Gasteiger partial charge in [0.25, 0.3) is 5.56 Å². The van der Waals surface area contributed by atoms with Gasteiger partial charge in [0.15, 0.2) is 0 Å². The van der Waals surface area contributed by atoms with Crippen LogP contribution in [0.1, 0.15) is 12.8 Å². The lowest BCUT2D eigenvalue weighted by Gasteiger charge is -2.05. The summed E-state index contributed by atoms with van der Waals surface area (Å²) < 4.78 is 2.26. The molecule has 0 bridgehead atoms. The molecule has 0 radical (unpaired) electrons. The number of fused-ring (bicyclic) bond motifs is 1. The van der Waals surface area contributed by atoms with Gasteiger partial charge >= 0.3 is 5.97 Å². The third-order valence-corrected chi connectivity index (χ3v) is 3.07. The Labute approximate surface area is 111 Å². The summed E-state index contributed by atoms with van der Waals surface area (Å²) in [6.07, 6.45) is 1.92. The highest BCUT2D eigenvalue weighted by atomic mass is 79.9. The lowest BCUT2D eigenvalue weighted by atomic mass is 10.2. The van der Waals surface area contributed by atoms with Crippen LogP contribution in [0.15, 0.2) is 33.8 Å². The van der Waals surface area contributed by atoms with Crippen LogP contribution in [0, 0.1) is 0 Å². The highest BCUT2D eigenvalue weighted by molar-refractivity contribution is 9.10. The summed E-state index contributed by atoms with van der Waals surface area (Å²) in [5, 5.41) is 9.09. The van der Waals surface area contributed by atoms with Crippen LogP contribution in [0.4, 0.5) is 0 Å². The molecule has 0 saturated heterocycles. The summed E-state index contributed by atoms with van der Waals surface area (Å²) in [5.41, 5.74) is 0.490. The molecular weight excluding hydrogens is 300 g/mol. The minimum absolute atomic E-state index is 0.0446. The van der Waals surface area contributed by atoms with Crippen molar-refractivity contribution in [3.05, 3.63) is 39.4 Å². The second kappa shape index (κ2) is 5.30. The van der Waals surface area contributed by atoms with E-state index in [0.717, 1.165) is 4.47 Å². The number of hydrogen-bond acceptors (Lipinski definition) is 3. The third kappa shape index (κ3) is 2.76. The summed E-state index contributed by atoms with van der Waals surface area (Å²) >= 11 is 3.31. The second-order valence-electron chi connectivity index (χ2n) is 3.90. The van der Waals surface area contributed by atoms with Gasteiger partial charge in [-0.2, -0.15) is 0 Å². The van der Waals surface area contributed by atoms with Crippen molar-refractivity contribution >= 4 is 32.8 Å². The summed E-state index contributed by atoms with van der Waals surface area (Å²) in [6, 6.07) is 5.31. The van der Waals surface area contributed by atoms with Crippen LogP contribution in [0.2, 0.25) is 0 Å². The van der Waals surface area contributed by atoms with Gasteiger partial charge in [-0.05, 0) is 24.6 Å². The first kappa shape index (κ1) is 12.8. The SMILES string of the molecule is O=C(O)CCCn1cnc2ccc(Br)cc2c1=O. The molecule has 0 saturated carbocycles. The number of halogens is 1. The molecule has 2 aromatic rings. The predicted molar refractivity (Wildman–Crippen MR) is 70.6 cm³/mol. The summed E-state index contributed by atoms with van der Waals surface area (Å²) in [7, 11) is 0. The van der Waals surface area contributed by atoms with Crippen LogP contribution >= 0.6 is 15.9 Å². The molecule has 5 nitrogen and oxygen atoms in total. The Morgan fingerprint density at radius 3 is 2.94 bits per heavy atom. The van der Waals surface area contributed by atoms with Gasteiger partial charge in [-0.15, -0.1) is 0 Å². The van der Waals surface area contributed by atoms with Crippen LogP contribution in [-0.2, 0) is 11.3 Å². The predicted octanol–water partition coefficient (Wildman–Crippen LogP) is 2.02. The molecule has 0 atom stereocenters. The van der Waals surface area contributed by atoms with E-state index in [9.17, 15) is 9.59 Å². The van der Waals surface area contributed by atoms with Crippen LogP contribution in [0.5, 0.6) is 0 Å².